The largest absolute Gasteiger partial charge is 0.378 e. The standard InChI is InChI=1S/C10H13N5O2/c1-7-6-8(16)15-9(11-7)12-10(13-15)14-2-4-17-5-3-14/h6H,2-5H2,1H3,(H,11,12,13). The maximum atomic E-state index is 11.7. The Kier molecular flexibility index (Phi) is 2.32. The molecule has 7 nitrogen and oxygen atoms in total. The minimum absolute atomic E-state index is 0.139. The minimum atomic E-state index is -0.139. The third-order valence-electron chi connectivity index (χ3n) is 2.76. The lowest BCUT2D eigenvalue weighted by atomic mass is 10.4. The van der Waals surface area contributed by atoms with Gasteiger partial charge in [-0.25, -0.2) is 4.98 Å². The van der Waals surface area contributed by atoms with Crippen LogP contribution in [0.25, 0.3) is 5.78 Å². The molecule has 0 saturated carbocycles. The van der Waals surface area contributed by atoms with Crippen molar-refractivity contribution < 1.29 is 4.74 Å². The van der Waals surface area contributed by atoms with Gasteiger partial charge in [0.15, 0.2) is 0 Å². The molecule has 90 valence electrons. The van der Waals surface area contributed by atoms with E-state index in [-0.39, 0.29) is 5.56 Å². The number of aromatic amines is 1. The first-order chi connectivity index (χ1) is 8.24. The zero-order valence-electron chi connectivity index (χ0n) is 9.51. The number of fused-ring (bicyclic) bond motifs is 1. The number of anilines is 1. The Hall–Kier alpha value is -1.89. The number of nitrogens with one attached hydrogen (secondary N) is 1. The summed E-state index contributed by atoms with van der Waals surface area (Å²) in [6.45, 7) is 4.68. The van der Waals surface area contributed by atoms with E-state index in [9.17, 15) is 4.79 Å². The minimum Gasteiger partial charge on any atom is -0.378 e. The fraction of sp³-hybridized carbons (Fsp3) is 0.500. The number of aromatic nitrogens is 4. The van der Waals surface area contributed by atoms with E-state index in [4.69, 9.17) is 4.74 Å². The molecule has 2 aromatic rings. The van der Waals surface area contributed by atoms with E-state index in [1.807, 2.05) is 4.90 Å². The van der Waals surface area contributed by atoms with Gasteiger partial charge in [-0.15, -0.1) is 0 Å². The van der Waals surface area contributed by atoms with Gasteiger partial charge < -0.3 is 9.64 Å². The molecular formula is C10H13N5O2. The quantitative estimate of drug-likeness (QED) is 0.725. The topological polar surface area (TPSA) is 75.5 Å². The van der Waals surface area contributed by atoms with E-state index >= 15 is 0 Å². The Morgan fingerprint density at radius 2 is 2.12 bits per heavy atom. The molecule has 7 heteroatoms. The second-order valence-corrected chi connectivity index (χ2v) is 4.02. The molecule has 17 heavy (non-hydrogen) atoms. The van der Waals surface area contributed by atoms with E-state index in [1.165, 1.54) is 10.6 Å². The van der Waals surface area contributed by atoms with E-state index in [0.717, 1.165) is 13.1 Å². The van der Waals surface area contributed by atoms with E-state index in [2.05, 4.69) is 15.1 Å². The summed E-state index contributed by atoms with van der Waals surface area (Å²) in [5.74, 6) is 1.08. The first kappa shape index (κ1) is 10.3. The van der Waals surface area contributed by atoms with E-state index < -0.39 is 0 Å². The van der Waals surface area contributed by atoms with Crippen molar-refractivity contribution in [1.29, 1.82) is 0 Å². The van der Waals surface area contributed by atoms with E-state index in [0.29, 0.717) is 30.6 Å². The average Bonchev–Trinajstić information content (AvgIpc) is 2.74. The zero-order valence-corrected chi connectivity index (χ0v) is 9.51. The number of hydrogen-bond acceptors (Lipinski definition) is 5. The lowest BCUT2D eigenvalue weighted by molar-refractivity contribution is 0.122. The number of nitrogens with zero attached hydrogens (tertiary/aromatic N) is 4. The van der Waals surface area contributed by atoms with Crippen molar-refractivity contribution in [3.05, 3.63) is 22.1 Å². The highest BCUT2D eigenvalue weighted by atomic mass is 16.5. The third kappa shape index (κ3) is 1.78. The Balaban J connectivity index is 2.06. The molecule has 3 rings (SSSR count). The Morgan fingerprint density at radius 3 is 2.88 bits per heavy atom. The number of hydrogen-bond donors (Lipinski definition) is 1. The highest BCUT2D eigenvalue weighted by Crippen LogP contribution is 2.10. The van der Waals surface area contributed by atoms with Gasteiger partial charge in [-0.2, -0.15) is 9.50 Å². The van der Waals surface area contributed by atoms with Gasteiger partial charge in [0.05, 0.1) is 13.2 Å². The molecule has 0 amide bonds. The van der Waals surface area contributed by atoms with Crippen molar-refractivity contribution in [3.63, 3.8) is 0 Å². The summed E-state index contributed by atoms with van der Waals surface area (Å²) < 4.78 is 6.63. The number of ether oxygens (including phenoxy) is 1. The van der Waals surface area contributed by atoms with Crippen molar-refractivity contribution in [2.45, 2.75) is 6.92 Å². The Bertz CT molecular complexity index is 596. The smallest absolute Gasteiger partial charge is 0.274 e. The first-order valence-corrected chi connectivity index (χ1v) is 5.53. The SMILES string of the molecule is Cc1cc(=O)n2[nH]c(N3CCOCC3)nc2n1. The van der Waals surface area contributed by atoms with Crippen LogP contribution in [0.2, 0.25) is 0 Å². The van der Waals surface area contributed by atoms with Crippen molar-refractivity contribution in [3.8, 4) is 0 Å². The molecule has 2 aromatic heterocycles. The summed E-state index contributed by atoms with van der Waals surface area (Å²) in [4.78, 5) is 22.3. The maximum absolute atomic E-state index is 11.7. The van der Waals surface area contributed by atoms with Crippen molar-refractivity contribution >= 4 is 11.7 Å². The molecule has 1 saturated heterocycles. The zero-order chi connectivity index (χ0) is 11.8. The van der Waals surface area contributed by atoms with Crippen LogP contribution >= 0.6 is 0 Å². The number of H-pyrrole nitrogens is 1. The maximum Gasteiger partial charge on any atom is 0.274 e. The second kappa shape index (κ2) is 3.85. The average molecular weight is 235 g/mol. The van der Waals surface area contributed by atoms with Gasteiger partial charge in [0.25, 0.3) is 11.3 Å². The molecule has 0 aliphatic carbocycles. The van der Waals surface area contributed by atoms with Gasteiger partial charge in [0, 0.05) is 24.8 Å². The number of aryl methyl sites for hydroxylation is 1. The number of morpholine rings is 1. The van der Waals surface area contributed by atoms with Crippen LogP contribution in [-0.2, 0) is 4.74 Å². The summed E-state index contributed by atoms with van der Waals surface area (Å²) in [6.07, 6.45) is 0. The molecule has 1 aliphatic heterocycles. The first-order valence-electron chi connectivity index (χ1n) is 5.53. The van der Waals surface area contributed by atoms with Crippen LogP contribution in [0.15, 0.2) is 10.9 Å². The summed E-state index contributed by atoms with van der Waals surface area (Å²) in [5.41, 5.74) is 0.537. The van der Waals surface area contributed by atoms with Gasteiger partial charge in [-0.1, -0.05) is 0 Å². The molecule has 0 unspecified atom stereocenters. The molecule has 0 bridgehead atoms. The Morgan fingerprint density at radius 1 is 1.35 bits per heavy atom. The number of rotatable bonds is 1. The van der Waals surface area contributed by atoms with Gasteiger partial charge in [0.2, 0.25) is 5.95 Å². The van der Waals surface area contributed by atoms with Gasteiger partial charge in [-0.05, 0) is 6.92 Å². The molecule has 3 heterocycles. The van der Waals surface area contributed by atoms with Gasteiger partial charge in [-0.3, -0.25) is 9.89 Å². The summed E-state index contributed by atoms with van der Waals surface area (Å²) in [6, 6.07) is 1.48. The normalized spacial score (nSPS) is 16.6. The molecule has 1 fully saturated rings. The lowest BCUT2D eigenvalue weighted by Gasteiger charge is -2.25. The molecule has 1 N–H and O–H groups in total. The molecule has 0 spiro atoms. The van der Waals surface area contributed by atoms with Crippen LogP contribution in [0.1, 0.15) is 5.69 Å². The molecule has 0 aromatic carbocycles. The van der Waals surface area contributed by atoms with Crippen LogP contribution in [0.5, 0.6) is 0 Å². The van der Waals surface area contributed by atoms with Gasteiger partial charge >= 0.3 is 0 Å². The molecule has 1 aliphatic rings. The Labute approximate surface area is 97.0 Å². The molecule has 0 atom stereocenters. The van der Waals surface area contributed by atoms with E-state index in [1.54, 1.807) is 6.92 Å². The molecular weight excluding hydrogens is 222 g/mol. The summed E-state index contributed by atoms with van der Waals surface area (Å²) >= 11 is 0. The predicted octanol–water partition coefficient (Wildman–Crippen LogP) is -0.437. The van der Waals surface area contributed by atoms with Gasteiger partial charge in [0.1, 0.15) is 0 Å². The van der Waals surface area contributed by atoms with Crippen LogP contribution in [0.4, 0.5) is 5.95 Å². The monoisotopic (exact) mass is 235 g/mol. The fourth-order valence-corrected chi connectivity index (χ4v) is 1.90. The van der Waals surface area contributed by atoms with Crippen LogP contribution in [0.3, 0.4) is 0 Å². The molecule has 0 radical (unpaired) electrons. The summed E-state index contributed by atoms with van der Waals surface area (Å²) in [7, 11) is 0. The van der Waals surface area contributed by atoms with Crippen molar-refractivity contribution in [1.82, 2.24) is 19.6 Å². The highest BCUT2D eigenvalue weighted by Gasteiger charge is 2.15. The lowest BCUT2D eigenvalue weighted by Crippen LogP contribution is -2.37. The summed E-state index contributed by atoms with van der Waals surface area (Å²) in [5, 5.41) is 2.96. The predicted molar refractivity (Wildman–Crippen MR) is 61.4 cm³/mol. The van der Waals surface area contributed by atoms with Crippen molar-refractivity contribution in [2.24, 2.45) is 0 Å². The highest BCUT2D eigenvalue weighted by molar-refractivity contribution is 5.39. The van der Waals surface area contributed by atoms with Crippen LogP contribution < -0.4 is 10.5 Å². The second-order valence-electron chi connectivity index (χ2n) is 4.02. The fourth-order valence-electron chi connectivity index (χ4n) is 1.90. The third-order valence-corrected chi connectivity index (χ3v) is 2.76. The van der Waals surface area contributed by atoms with Crippen LogP contribution in [0, 0.1) is 6.92 Å². The van der Waals surface area contributed by atoms with Crippen molar-refractivity contribution in [2.75, 3.05) is 31.2 Å². The van der Waals surface area contributed by atoms with Crippen LogP contribution in [-0.4, -0.2) is 45.9 Å².